The van der Waals surface area contributed by atoms with Crippen LogP contribution in [0.2, 0.25) is 5.02 Å². The van der Waals surface area contributed by atoms with E-state index in [9.17, 15) is 4.79 Å². The largest absolute Gasteiger partial charge is 0.373 e. The molecule has 0 aliphatic carbocycles. The maximum Gasteiger partial charge on any atom is 0.269 e. The number of carbonyl (C=O) groups excluding carboxylic acids is 1. The zero-order chi connectivity index (χ0) is 15.4. The van der Waals surface area contributed by atoms with E-state index in [1.807, 2.05) is 18.2 Å². The number of benzene rings is 1. The number of pyridine rings is 1. The van der Waals surface area contributed by atoms with Gasteiger partial charge in [0.2, 0.25) is 0 Å². The smallest absolute Gasteiger partial charge is 0.269 e. The average molecular weight is 317 g/mol. The van der Waals surface area contributed by atoms with Crippen LogP contribution in [0.1, 0.15) is 28.6 Å². The summed E-state index contributed by atoms with van der Waals surface area (Å²) in [6.07, 6.45) is 2.45. The number of hydrogen-bond acceptors (Lipinski definition) is 3. The summed E-state index contributed by atoms with van der Waals surface area (Å²) in [6.45, 7) is 1.29. The quantitative estimate of drug-likeness (QED) is 0.942. The highest BCUT2D eigenvalue weighted by atomic mass is 35.5. The number of hydrogen-bond donors (Lipinski definition) is 1. The zero-order valence-electron chi connectivity index (χ0n) is 12.0. The van der Waals surface area contributed by atoms with E-state index in [0.717, 1.165) is 18.6 Å². The molecule has 0 radical (unpaired) electrons. The molecule has 0 saturated carbocycles. The lowest BCUT2D eigenvalue weighted by Crippen LogP contribution is -2.31. The summed E-state index contributed by atoms with van der Waals surface area (Å²) >= 11 is 5.77. The summed E-state index contributed by atoms with van der Waals surface area (Å²) in [7, 11) is 0. The highest BCUT2D eigenvalue weighted by Gasteiger charge is 2.29. The second-order valence-electron chi connectivity index (χ2n) is 5.32. The molecular weight excluding hydrogens is 300 g/mol. The van der Waals surface area contributed by atoms with Crippen LogP contribution in [0.4, 0.5) is 0 Å². The van der Waals surface area contributed by atoms with Gasteiger partial charge in [-0.25, -0.2) is 4.98 Å². The van der Waals surface area contributed by atoms with Gasteiger partial charge in [-0.3, -0.25) is 4.79 Å². The fourth-order valence-electron chi connectivity index (χ4n) is 2.68. The average Bonchev–Trinajstić information content (AvgIpc) is 3.02. The number of aromatic nitrogens is 1. The number of rotatable bonds is 4. The van der Waals surface area contributed by atoms with Gasteiger partial charge in [0.05, 0.1) is 11.1 Å². The van der Waals surface area contributed by atoms with Crippen molar-refractivity contribution in [3.63, 3.8) is 0 Å². The van der Waals surface area contributed by atoms with Crippen LogP contribution in [0.5, 0.6) is 0 Å². The zero-order valence-corrected chi connectivity index (χ0v) is 12.8. The van der Waals surface area contributed by atoms with E-state index in [2.05, 4.69) is 22.4 Å². The molecule has 1 amide bonds. The van der Waals surface area contributed by atoms with E-state index in [4.69, 9.17) is 16.3 Å². The third kappa shape index (κ3) is 3.46. The third-order valence-corrected chi connectivity index (χ3v) is 4.05. The Morgan fingerprint density at radius 1 is 1.27 bits per heavy atom. The van der Waals surface area contributed by atoms with Gasteiger partial charge in [-0.15, -0.1) is 0 Å². The summed E-state index contributed by atoms with van der Waals surface area (Å²) < 4.78 is 5.82. The van der Waals surface area contributed by atoms with Crippen LogP contribution in [-0.4, -0.2) is 24.0 Å². The van der Waals surface area contributed by atoms with Gasteiger partial charge in [-0.2, -0.15) is 0 Å². The van der Waals surface area contributed by atoms with Crippen molar-refractivity contribution in [2.75, 3.05) is 13.2 Å². The van der Waals surface area contributed by atoms with Crippen molar-refractivity contribution >= 4 is 17.5 Å². The molecule has 1 N–H and O–H groups in total. The molecule has 1 saturated heterocycles. The number of nitrogens with zero attached hydrogens (tertiary/aromatic N) is 1. The molecule has 2 aromatic rings. The molecule has 1 fully saturated rings. The third-order valence-electron chi connectivity index (χ3n) is 3.83. The highest BCUT2D eigenvalue weighted by Crippen LogP contribution is 2.33. The summed E-state index contributed by atoms with van der Waals surface area (Å²) in [4.78, 5) is 16.1. The molecule has 4 nitrogen and oxygen atoms in total. The van der Waals surface area contributed by atoms with Crippen molar-refractivity contribution in [3.05, 3.63) is 64.9 Å². The van der Waals surface area contributed by atoms with Crippen molar-refractivity contribution in [3.8, 4) is 0 Å². The number of nitrogens with one attached hydrogen (secondary N) is 1. The molecule has 114 valence electrons. The monoisotopic (exact) mass is 316 g/mol. The van der Waals surface area contributed by atoms with Crippen molar-refractivity contribution in [2.24, 2.45) is 5.92 Å². The minimum absolute atomic E-state index is 0.0414. The normalized spacial score (nSPS) is 20.8. The molecule has 1 aliphatic rings. The van der Waals surface area contributed by atoms with Crippen LogP contribution in [0.15, 0.2) is 48.7 Å². The molecular formula is C17H17ClN2O2. The van der Waals surface area contributed by atoms with Crippen LogP contribution < -0.4 is 5.32 Å². The Balaban J connectivity index is 1.61. The maximum absolute atomic E-state index is 12.1. The molecule has 2 heterocycles. The van der Waals surface area contributed by atoms with Gasteiger partial charge in [-0.1, -0.05) is 41.9 Å². The minimum atomic E-state index is -0.185. The number of halogens is 1. The van der Waals surface area contributed by atoms with Gasteiger partial charge in [0, 0.05) is 25.3 Å². The van der Waals surface area contributed by atoms with E-state index < -0.39 is 0 Å². The molecule has 3 rings (SSSR count). The topological polar surface area (TPSA) is 51.2 Å². The Morgan fingerprint density at radius 2 is 2.09 bits per heavy atom. The Kier molecular flexibility index (Phi) is 4.71. The summed E-state index contributed by atoms with van der Waals surface area (Å²) in [6, 6.07) is 13.4. The van der Waals surface area contributed by atoms with Crippen LogP contribution in [-0.2, 0) is 4.74 Å². The van der Waals surface area contributed by atoms with Crippen molar-refractivity contribution in [1.82, 2.24) is 10.3 Å². The first-order chi connectivity index (χ1) is 10.7. The van der Waals surface area contributed by atoms with Gasteiger partial charge >= 0.3 is 0 Å². The molecule has 1 aliphatic heterocycles. The molecule has 1 aromatic carbocycles. The first kappa shape index (κ1) is 15.0. The van der Waals surface area contributed by atoms with Gasteiger partial charge in [0.25, 0.3) is 5.91 Å². The number of amides is 1. The van der Waals surface area contributed by atoms with Gasteiger partial charge < -0.3 is 10.1 Å². The second kappa shape index (κ2) is 6.90. The van der Waals surface area contributed by atoms with Crippen LogP contribution in [0.3, 0.4) is 0 Å². The van der Waals surface area contributed by atoms with E-state index in [0.29, 0.717) is 17.3 Å². The Labute approximate surface area is 134 Å². The fourth-order valence-corrected chi connectivity index (χ4v) is 2.79. The molecule has 0 bridgehead atoms. The lowest BCUT2D eigenvalue weighted by Gasteiger charge is -2.19. The lowest BCUT2D eigenvalue weighted by molar-refractivity contribution is 0.0844. The standard InChI is InChI=1S/C17H17ClN2O2/c18-14-6-7-15(19-11-14)17(21)20-10-13-8-9-22-16(13)12-4-2-1-3-5-12/h1-7,11,13,16H,8-10H2,(H,20,21)/t13-,16-/m0/s1. The summed E-state index contributed by atoms with van der Waals surface area (Å²) in [5.41, 5.74) is 1.53. The first-order valence-corrected chi connectivity index (χ1v) is 7.68. The van der Waals surface area contributed by atoms with Gasteiger partial charge in [0.15, 0.2) is 0 Å². The van der Waals surface area contributed by atoms with Crippen molar-refractivity contribution < 1.29 is 9.53 Å². The Bertz CT molecular complexity index is 631. The number of ether oxygens (including phenoxy) is 1. The Hall–Kier alpha value is -1.91. The second-order valence-corrected chi connectivity index (χ2v) is 5.76. The van der Waals surface area contributed by atoms with Gasteiger partial charge in [0.1, 0.15) is 5.69 Å². The molecule has 5 heteroatoms. The predicted octanol–water partition coefficient (Wildman–Crippen LogP) is 3.24. The highest BCUT2D eigenvalue weighted by molar-refractivity contribution is 6.30. The van der Waals surface area contributed by atoms with Crippen LogP contribution >= 0.6 is 11.6 Å². The van der Waals surface area contributed by atoms with E-state index >= 15 is 0 Å². The molecule has 1 aromatic heterocycles. The van der Waals surface area contributed by atoms with Gasteiger partial charge in [-0.05, 0) is 24.1 Å². The minimum Gasteiger partial charge on any atom is -0.373 e. The van der Waals surface area contributed by atoms with E-state index in [-0.39, 0.29) is 17.9 Å². The number of carbonyl (C=O) groups is 1. The molecule has 22 heavy (non-hydrogen) atoms. The van der Waals surface area contributed by atoms with Crippen LogP contribution in [0.25, 0.3) is 0 Å². The van der Waals surface area contributed by atoms with Crippen LogP contribution in [0, 0.1) is 5.92 Å². The van der Waals surface area contributed by atoms with E-state index in [1.54, 1.807) is 12.1 Å². The Morgan fingerprint density at radius 3 is 2.82 bits per heavy atom. The van der Waals surface area contributed by atoms with Crippen molar-refractivity contribution in [2.45, 2.75) is 12.5 Å². The summed E-state index contributed by atoms with van der Waals surface area (Å²) in [5, 5.41) is 3.45. The van der Waals surface area contributed by atoms with Crippen molar-refractivity contribution in [1.29, 1.82) is 0 Å². The fraction of sp³-hybridized carbons (Fsp3) is 0.294. The molecule has 2 atom stereocenters. The first-order valence-electron chi connectivity index (χ1n) is 7.30. The lowest BCUT2D eigenvalue weighted by atomic mass is 9.95. The SMILES string of the molecule is O=C(NC[C@@H]1CCO[C@H]1c1ccccc1)c1ccc(Cl)cn1. The molecule has 0 spiro atoms. The predicted molar refractivity (Wildman–Crippen MR) is 84.8 cm³/mol. The van der Waals surface area contributed by atoms with E-state index in [1.165, 1.54) is 6.20 Å². The summed E-state index contributed by atoms with van der Waals surface area (Å²) in [5.74, 6) is 0.0917. The molecule has 0 unspecified atom stereocenters. The maximum atomic E-state index is 12.1.